The van der Waals surface area contributed by atoms with Crippen LogP contribution in [0.15, 0.2) is 21.3 Å². The van der Waals surface area contributed by atoms with Gasteiger partial charge in [0.15, 0.2) is 10.9 Å². The molecule has 0 radical (unpaired) electrons. The van der Waals surface area contributed by atoms with Gasteiger partial charge in [-0.05, 0) is 18.9 Å². The third kappa shape index (κ3) is 3.77. The molecular formula is C18H20Cl2FNO4. The average Bonchev–Trinajstić information content (AvgIpc) is 2.86. The second kappa shape index (κ2) is 7.25. The fraction of sp³-hybridized carbons (Fsp3) is 0.500. The number of benzene rings is 1. The summed E-state index contributed by atoms with van der Waals surface area (Å²) in [6.45, 7) is 6.66. The molecule has 0 bridgehead atoms. The first kappa shape index (κ1) is 19.3. The van der Waals surface area contributed by atoms with E-state index in [0.717, 1.165) is 23.5 Å². The molecule has 0 spiro atoms. The highest BCUT2D eigenvalue weighted by Gasteiger charge is 2.28. The first-order chi connectivity index (χ1) is 12.2. The molecule has 2 heterocycles. The zero-order valence-electron chi connectivity index (χ0n) is 14.8. The maximum Gasteiger partial charge on any atom is 0.425 e. The lowest BCUT2D eigenvalue weighted by molar-refractivity contribution is 0.00744. The molecule has 1 atom stereocenters. The van der Waals surface area contributed by atoms with Crippen LogP contribution < -0.4 is 10.5 Å². The molecule has 1 fully saturated rings. The van der Waals surface area contributed by atoms with E-state index in [2.05, 4.69) is 0 Å². The minimum atomic E-state index is -0.770. The smallest absolute Gasteiger partial charge is 0.425 e. The maximum atomic E-state index is 14.5. The highest BCUT2D eigenvalue weighted by Crippen LogP contribution is 2.35. The molecule has 0 N–H and O–H groups in total. The van der Waals surface area contributed by atoms with Crippen LogP contribution in [0.2, 0.25) is 10.2 Å². The van der Waals surface area contributed by atoms with Crippen molar-refractivity contribution in [1.82, 2.24) is 4.57 Å². The van der Waals surface area contributed by atoms with E-state index in [1.165, 1.54) is 6.07 Å². The normalized spacial score (nSPS) is 18.2. The zero-order valence-corrected chi connectivity index (χ0v) is 16.3. The predicted octanol–water partition coefficient (Wildman–Crippen LogP) is 4.73. The lowest BCUT2D eigenvalue weighted by Gasteiger charge is -2.24. The number of rotatable bonds is 3. The van der Waals surface area contributed by atoms with E-state index < -0.39 is 17.0 Å². The van der Waals surface area contributed by atoms with Crippen LogP contribution in [0.25, 0.3) is 5.69 Å². The van der Waals surface area contributed by atoms with Crippen molar-refractivity contribution < 1.29 is 18.3 Å². The van der Waals surface area contributed by atoms with Crippen molar-refractivity contribution in [2.75, 3.05) is 13.2 Å². The molecule has 1 unspecified atom stereocenters. The number of hydrogen-bond donors (Lipinski definition) is 0. The van der Waals surface area contributed by atoms with E-state index in [-0.39, 0.29) is 33.5 Å². The van der Waals surface area contributed by atoms with Gasteiger partial charge in [-0.3, -0.25) is 0 Å². The molecule has 142 valence electrons. The van der Waals surface area contributed by atoms with Crippen LogP contribution in [0.1, 0.15) is 39.4 Å². The number of aromatic nitrogens is 1. The monoisotopic (exact) mass is 403 g/mol. The highest BCUT2D eigenvalue weighted by molar-refractivity contribution is 6.32. The molecule has 1 aliphatic heterocycles. The summed E-state index contributed by atoms with van der Waals surface area (Å²) in [5.41, 5.74) is -0.584. The van der Waals surface area contributed by atoms with Gasteiger partial charge in [0.1, 0.15) is 17.7 Å². The molecule has 5 nitrogen and oxygen atoms in total. The Balaban J connectivity index is 2.04. The topological polar surface area (TPSA) is 53.6 Å². The second-order valence-electron chi connectivity index (χ2n) is 7.26. The van der Waals surface area contributed by atoms with E-state index in [1.54, 1.807) is 0 Å². The number of nitrogens with zero attached hydrogens (tertiary/aromatic N) is 1. The van der Waals surface area contributed by atoms with Crippen LogP contribution in [0, 0.1) is 5.82 Å². The fourth-order valence-corrected chi connectivity index (χ4v) is 3.46. The zero-order chi connectivity index (χ0) is 19.1. The molecule has 26 heavy (non-hydrogen) atoms. The van der Waals surface area contributed by atoms with Crippen molar-refractivity contribution in [3.8, 4) is 11.4 Å². The summed E-state index contributed by atoms with van der Waals surface area (Å²) in [6, 6.07) is 2.46. The number of oxazole rings is 1. The van der Waals surface area contributed by atoms with Gasteiger partial charge in [-0.2, -0.15) is 0 Å². The van der Waals surface area contributed by atoms with E-state index in [4.69, 9.17) is 37.1 Å². The van der Waals surface area contributed by atoms with Gasteiger partial charge in [-0.25, -0.2) is 13.8 Å². The van der Waals surface area contributed by atoms with Gasteiger partial charge in [-0.15, -0.1) is 0 Å². The summed E-state index contributed by atoms with van der Waals surface area (Å²) in [5, 5.41) is 0.135. The van der Waals surface area contributed by atoms with Crippen molar-refractivity contribution in [3.05, 3.63) is 44.4 Å². The van der Waals surface area contributed by atoms with Crippen LogP contribution in [0.4, 0.5) is 4.39 Å². The Morgan fingerprint density at radius 3 is 2.62 bits per heavy atom. The Bertz CT molecular complexity index is 863. The molecule has 1 aromatic carbocycles. The summed E-state index contributed by atoms with van der Waals surface area (Å²) in [6.07, 6.45) is 1.50. The van der Waals surface area contributed by atoms with Crippen LogP contribution in [0.5, 0.6) is 5.75 Å². The minimum absolute atomic E-state index is 0.0238. The van der Waals surface area contributed by atoms with Crippen LogP contribution >= 0.6 is 23.2 Å². The van der Waals surface area contributed by atoms with Crippen molar-refractivity contribution >= 4 is 23.2 Å². The van der Waals surface area contributed by atoms with E-state index in [1.807, 2.05) is 20.8 Å². The molecule has 8 heteroatoms. The molecule has 1 aliphatic rings. The molecule has 0 amide bonds. The van der Waals surface area contributed by atoms with Gasteiger partial charge in [0.25, 0.3) is 0 Å². The van der Waals surface area contributed by atoms with Crippen LogP contribution in [0.3, 0.4) is 0 Å². The van der Waals surface area contributed by atoms with E-state index in [9.17, 15) is 9.18 Å². The first-order valence-electron chi connectivity index (χ1n) is 8.34. The van der Waals surface area contributed by atoms with Gasteiger partial charge in [0.2, 0.25) is 0 Å². The van der Waals surface area contributed by atoms with Gasteiger partial charge < -0.3 is 13.9 Å². The number of hydrogen-bond acceptors (Lipinski definition) is 4. The lowest BCUT2D eigenvalue weighted by atomic mass is 9.94. The summed E-state index contributed by atoms with van der Waals surface area (Å²) in [7, 11) is 0. The molecule has 1 saturated heterocycles. The standard InChI is InChI=1S/C18H20Cl2FNO4/c1-18(2,3)15-16(20)22(17(23)26-15)13-8-14(11(19)7-12(13)21)25-10-5-4-6-24-9-10/h7-8,10H,4-6,9H2,1-3H3. The van der Waals surface area contributed by atoms with E-state index >= 15 is 0 Å². The van der Waals surface area contributed by atoms with Gasteiger partial charge >= 0.3 is 5.76 Å². The average molecular weight is 404 g/mol. The number of ether oxygens (including phenoxy) is 2. The minimum Gasteiger partial charge on any atom is -0.486 e. The fourth-order valence-electron chi connectivity index (χ4n) is 2.79. The van der Waals surface area contributed by atoms with Gasteiger partial charge in [0.05, 0.1) is 17.3 Å². The van der Waals surface area contributed by atoms with Crippen molar-refractivity contribution in [1.29, 1.82) is 0 Å². The first-order valence-corrected chi connectivity index (χ1v) is 9.09. The quantitative estimate of drug-likeness (QED) is 0.742. The Hall–Kier alpha value is -1.50. The van der Waals surface area contributed by atoms with Crippen LogP contribution in [-0.2, 0) is 10.2 Å². The van der Waals surface area contributed by atoms with E-state index in [0.29, 0.717) is 13.2 Å². The largest absolute Gasteiger partial charge is 0.486 e. The Kier molecular flexibility index (Phi) is 5.37. The third-order valence-electron chi connectivity index (χ3n) is 4.09. The molecule has 3 rings (SSSR count). The lowest BCUT2D eigenvalue weighted by Crippen LogP contribution is -2.28. The van der Waals surface area contributed by atoms with Crippen molar-refractivity contribution in [3.63, 3.8) is 0 Å². The predicted molar refractivity (Wildman–Crippen MR) is 97.5 cm³/mol. The highest BCUT2D eigenvalue weighted by atomic mass is 35.5. The summed E-state index contributed by atoms with van der Waals surface area (Å²) in [5.74, 6) is -0.928. The van der Waals surface area contributed by atoms with Crippen molar-refractivity contribution in [2.24, 2.45) is 0 Å². The molecule has 0 saturated carbocycles. The van der Waals surface area contributed by atoms with Gasteiger partial charge in [0, 0.05) is 18.1 Å². The third-order valence-corrected chi connectivity index (χ3v) is 4.73. The molecule has 2 aromatic rings. The second-order valence-corrected chi connectivity index (χ2v) is 8.03. The Morgan fingerprint density at radius 2 is 2.04 bits per heavy atom. The Labute approximate surface area is 160 Å². The van der Waals surface area contributed by atoms with Crippen molar-refractivity contribution in [2.45, 2.75) is 45.1 Å². The van der Waals surface area contributed by atoms with Gasteiger partial charge in [-0.1, -0.05) is 44.0 Å². The summed E-state index contributed by atoms with van der Waals surface area (Å²) in [4.78, 5) is 12.3. The molecular weight excluding hydrogens is 384 g/mol. The molecule has 0 aliphatic carbocycles. The molecule has 1 aromatic heterocycles. The number of halogens is 3. The Morgan fingerprint density at radius 1 is 1.31 bits per heavy atom. The SMILES string of the molecule is CC(C)(C)c1oc(=O)n(-c2cc(OC3CCCOC3)c(Cl)cc2F)c1Cl. The summed E-state index contributed by atoms with van der Waals surface area (Å²) < 4.78 is 32.0. The maximum absolute atomic E-state index is 14.5. The summed E-state index contributed by atoms with van der Waals surface area (Å²) >= 11 is 12.4. The van der Waals surface area contributed by atoms with Crippen LogP contribution in [-0.4, -0.2) is 23.9 Å².